The fraction of sp³-hybridized carbons (Fsp3) is 0.667. The summed E-state index contributed by atoms with van der Waals surface area (Å²) < 4.78 is 4.67. The van der Waals surface area contributed by atoms with Crippen molar-refractivity contribution in [3.63, 3.8) is 0 Å². The van der Waals surface area contributed by atoms with Crippen LogP contribution in [0.3, 0.4) is 0 Å². The second-order valence-corrected chi connectivity index (χ2v) is 2.10. The lowest BCUT2D eigenvalue weighted by molar-refractivity contribution is 0.159. The molecule has 0 amide bonds. The molecule has 1 aromatic rings. The van der Waals surface area contributed by atoms with Crippen molar-refractivity contribution in [1.29, 1.82) is 0 Å². The molecule has 1 rings (SSSR count). The van der Waals surface area contributed by atoms with Crippen LogP contribution in [0.2, 0.25) is 0 Å². The van der Waals surface area contributed by atoms with Crippen molar-refractivity contribution in [1.82, 2.24) is 10.1 Å². The molecule has 0 fully saturated rings. The maximum Gasteiger partial charge on any atom is 0.223 e. The monoisotopic (exact) mass is 142 g/mol. The Kier molecular flexibility index (Phi) is 2.01. The van der Waals surface area contributed by atoms with E-state index in [9.17, 15) is 0 Å². The fourth-order valence-electron chi connectivity index (χ4n) is 0.633. The normalized spacial score (nSPS) is 13.5. The highest BCUT2D eigenvalue weighted by molar-refractivity contribution is 4.87. The first-order chi connectivity index (χ1) is 4.74. The molecule has 0 aliphatic carbocycles. The van der Waals surface area contributed by atoms with Crippen LogP contribution in [-0.4, -0.2) is 15.2 Å². The number of aliphatic hydroxyl groups excluding tert-OH is 1. The number of aromatic nitrogens is 2. The maximum atomic E-state index is 9.16. The minimum atomic E-state index is -0.586. The molecule has 0 radical (unpaired) electrons. The molecule has 0 spiro atoms. The van der Waals surface area contributed by atoms with Crippen molar-refractivity contribution in [2.75, 3.05) is 0 Å². The summed E-state index contributed by atoms with van der Waals surface area (Å²) in [4.78, 5) is 3.85. The molecule has 0 saturated carbocycles. The zero-order chi connectivity index (χ0) is 7.56. The van der Waals surface area contributed by atoms with Gasteiger partial charge in [0.15, 0.2) is 5.82 Å². The topological polar surface area (TPSA) is 59.2 Å². The first kappa shape index (κ1) is 7.21. The summed E-state index contributed by atoms with van der Waals surface area (Å²) in [5, 5.41) is 12.7. The third-order valence-electron chi connectivity index (χ3n) is 1.23. The largest absolute Gasteiger partial charge is 0.385 e. The standard InChI is InChI=1S/C6H10N2O2/c1-3-5(9)6-7-4(2)10-8-6/h5,9H,3H2,1-2H3. The summed E-state index contributed by atoms with van der Waals surface area (Å²) >= 11 is 0. The summed E-state index contributed by atoms with van der Waals surface area (Å²) in [6.45, 7) is 3.55. The molecule has 10 heavy (non-hydrogen) atoms. The highest BCUT2D eigenvalue weighted by Crippen LogP contribution is 2.10. The van der Waals surface area contributed by atoms with Crippen molar-refractivity contribution < 1.29 is 9.63 Å². The average molecular weight is 142 g/mol. The Morgan fingerprint density at radius 3 is 2.80 bits per heavy atom. The lowest BCUT2D eigenvalue weighted by atomic mass is 10.3. The summed E-state index contributed by atoms with van der Waals surface area (Å²) in [5.41, 5.74) is 0. The van der Waals surface area contributed by atoms with Gasteiger partial charge < -0.3 is 9.63 Å². The molecular formula is C6H10N2O2. The lowest BCUT2D eigenvalue weighted by Gasteiger charge is -1.97. The summed E-state index contributed by atoms with van der Waals surface area (Å²) in [6.07, 6.45) is 0.0244. The van der Waals surface area contributed by atoms with Gasteiger partial charge in [-0.3, -0.25) is 0 Å². The predicted molar refractivity (Wildman–Crippen MR) is 34.3 cm³/mol. The molecule has 0 aromatic carbocycles. The van der Waals surface area contributed by atoms with Crippen LogP contribution in [0, 0.1) is 6.92 Å². The molecule has 1 N–H and O–H groups in total. The van der Waals surface area contributed by atoms with Crippen LogP contribution in [0.5, 0.6) is 0 Å². The Labute approximate surface area is 58.9 Å². The third-order valence-corrected chi connectivity index (χ3v) is 1.23. The highest BCUT2D eigenvalue weighted by Gasteiger charge is 2.10. The van der Waals surface area contributed by atoms with Crippen molar-refractivity contribution in [2.24, 2.45) is 0 Å². The number of rotatable bonds is 2. The molecule has 0 bridgehead atoms. The summed E-state index contributed by atoms with van der Waals surface area (Å²) in [7, 11) is 0. The van der Waals surface area contributed by atoms with Gasteiger partial charge in [0, 0.05) is 6.92 Å². The number of hydrogen-bond donors (Lipinski definition) is 1. The van der Waals surface area contributed by atoms with E-state index in [1.807, 2.05) is 6.92 Å². The van der Waals surface area contributed by atoms with Crippen molar-refractivity contribution in [3.8, 4) is 0 Å². The van der Waals surface area contributed by atoms with Gasteiger partial charge in [-0.25, -0.2) is 0 Å². The van der Waals surface area contributed by atoms with Gasteiger partial charge in [-0.1, -0.05) is 12.1 Å². The molecule has 1 heterocycles. The van der Waals surface area contributed by atoms with E-state index in [0.717, 1.165) is 0 Å². The SMILES string of the molecule is CCC(O)c1noc(C)n1. The quantitative estimate of drug-likeness (QED) is 0.664. The Bertz CT molecular complexity index is 209. The highest BCUT2D eigenvalue weighted by atomic mass is 16.5. The smallest absolute Gasteiger partial charge is 0.223 e. The molecule has 4 nitrogen and oxygen atoms in total. The zero-order valence-corrected chi connectivity index (χ0v) is 6.03. The Hall–Kier alpha value is -0.900. The molecule has 0 saturated heterocycles. The van der Waals surface area contributed by atoms with Crippen molar-refractivity contribution in [3.05, 3.63) is 11.7 Å². The minimum absolute atomic E-state index is 0.375. The van der Waals surface area contributed by atoms with E-state index in [0.29, 0.717) is 18.1 Å². The van der Waals surface area contributed by atoms with E-state index >= 15 is 0 Å². The molecule has 1 aromatic heterocycles. The molecule has 1 atom stereocenters. The average Bonchev–Trinajstić information content (AvgIpc) is 2.34. The molecular weight excluding hydrogens is 132 g/mol. The van der Waals surface area contributed by atoms with Crippen molar-refractivity contribution in [2.45, 2.75) is 26.4 Å². The molecule has 1 unspecified atom stereocenters. The number of nitrogens with zero attached hydrogens (tertiary/aromatic N) is 2. The van der Waals surface area contributed by atoms with E-state index in [1.54, 1.807) is 6.92 Å². The first-order valence-corrected chi connectivity index (χ1v) is 3.22. The molecule has 4 heteroatoms. The number of aliphatic hydroxyl groups is 1. The van der Waals surface area contributed by atoms with E-state index in [-0.39, 0.29) is 0 Å². The van der Waals surface area contributed by atoms with E-state index in [4.69, 9.17) is 5.11 Å². The van der Waals surface area contributed by atoms with Gasteiger partial charge in [0.05, 0.1) is 0 Å². The van der Waals surface area contributed by atoms with Crippen LogP contribution in [0.25, 0.3) is 0 Å². The van der Waals surface area contributed by atoms with Crippen LogP contribution in [0.1, 0.15) is 31.2 Å². The van der Waals surface area contributed by atoms with Gasteiger partial charge in [0.25, 0.3) is 0 Å². The van der Waals surface area contributed by atoms with E-state index < -0.39 is 6.10 Å². The first-order valence-electron chi connectivity index (χ1n) is 3.22. The molecule has 0 aliphatic rings. The zero-order valence-electron chi connectivity index (χ0n) is 6.03. The third kappa shape index (κ3) is 1.33. The summed E-state index contributed by atoms with van der Waals surface area (Å²) in [6, 6.07) is 0. The van der Waals surface area contributed by atoms with Gasteiger partial charge in [0.1, 0.15) is 6.10 Å². The second-order valence-electron chi connectivity index (χ2n) is 2.10. The van der Waals surface area contributed by atoms with E-state index in [2.05, 4.69) is 14.7 Å². The Balaban J connectivity index is 2.74. The van der Waals surface area contributed by atoms with E-state index in [1.165, 1.54) is 0 Å². The van der Waals surface area contributed by atoms with Crippen LogP contribution < -0.4 is 0 Å². The van der Waals surface area contributed by atoms with Gasteiger partial charge in [-0.2, -0.15) is 4.98 Å². The van der Waals surface area contributed by atoms with Crippen LogP contribution in [-0.2, 0) is 0 Å². The summed E-state index contributed by atoms with van der Waals surface area (Å²) in [5.74, 6) is 0.863. The predicted octanol–water partition coefficient (Wildman–Crippen LogP) is 0.821. The Morgan fingerprint density at radius 1 is 1.70 bits per heavy atom. The van der Waals surface area contributed by atoms with Gasteiger partial charge in [-0.05, 0) is 6.42 Å². The van der Waals surface area contributed by atoms with Gasteiger partial charge in [0.2, 0.25) is 5.89 Å². The fourth-order valence-corrected chi connectivity index (χ4v) is 0.633. The number of hydrogen-bond acceptors (Lipinski definition) is 4. The van der Waals surface area contributed by atoms with Crippen molar-refractivity contribution >= 4 is 0 Å². The van der Waals surface area contributed by atoms with Gasteiger partial charge in [-0.15, -0.1) is 0 Å². The Morgan fingerprint density at radius 2 is 2.40 bits per heavy atom. The van der Waals surface area contributed by atoms with Gasteiger partial charge >= 0.3 is 0 Å². The van der Waals surface area contributed by atoms with Crippen LogP contribution in [0.15, 0.2) is 4.52 Å². The number of aryl methyl sites for hydroxylation is 1. The van der Waals surface area contributed by atoms with Crippen LogP contribution >= 0.6 is 0 Å². The maximum absolute atomic E-state index is 9.16. The minimum Gasteiger partial charge on any atom is -0.385 e. The lowest BCUT2D eigenvalue weighted by Crippen LogP contribution is -1.97. The molecule has 0 aliphatic heterocycles. The molecule has 56 valence electrons. The second kappa shape index (κ2) is 2.79. The van der Waals surface area contributed by atoms with Crippen LogP contribution in [0.4, 0.5) is 0 Å².